The van der Waals surface area contributed by atoms with Gasteiger partial charge in [-0.25, -0.2) is 0 Å². The Bertz CT molecular complexity index is 866. The van der Waals surface area contributed by atoms with Crippen LogP contribution in [-0.2, 0) is 23.8 Å². The van der Waals surface area contributed by atoms with Crippen LogP contribution in [0.1, 0.15) is 25.7 Å². The van der Waals surface area contributed by atoms with Crippen molar-refractivity contribution in [2.75, 3.05) is 7.11 Å². The maximum Gasteiger partial charge on any atom is 0.309 e. The highest BCUT2D eigenvalue weighted by molar-refractivity contribution is 7.86. The van der Waals surface area contributed by atoms with Crippen molar-refractivity contribution in [2.24, 2.45) is 29.6 Å². The summed E-state index contributed by atoms with van der Waals surface area (Å²) in [6, 6.07) is 4.65. The van der Waals surface area contributed by atoms with E-state index in [0.717, 1.165) is 37.8 Å². The SMILES string of the molecule is COC(=O)[C@H]1[C@H]2C[C@H]3C[C@@H](C2)[C@@H](OS(=O)(=O)c2ccc([N+](=O)[O-])cc2)[C@H]1C3. The van der Waals surface area contributed by atoms with Gasteiger partial charge >= 0.3 is 5.97 Å². The molecule has 4 saturated carbocycles. The zero-order valence-corrected chi connectivity index (χ0v) is 15.6. The van der Waals surface area contributed by atoms with E-state index in [9.17, 15) is 23.3 Å². The van der Waals surface area contributed by atoms with Gasteiger partial charge in [0.05, 0.1) is 29.0 Å². The molecule has 0 aliphatic heterocycles. The average molecular weight is 395 g/mol. The minimum atomic E-state index is -4.08. The molecule has 0 spiro atoms. The predicted octanol–water partition coefficient (Wildman–Crippen LogP) is 2.52. The van der Waals surface area contributed by atoms with Gasteiger partial charge in [0, 0.05) is 18.1 Å². The van der Waals surface area contributed by atoms with Crippen LogP contribution in [0.15, 0.2) is 29.2 Å². The lowest BCUT2D eigenvalue weighted by Crippen LogP contribution is -2.57. The molecule has 5 rings (SSSR count). The smallest absolute Gasteiger partial charge is 0.309 e. The summed E-state index contributed by atoms with van der Waals surface area (Å²) in [6.07, 6.45) is 2.90. The zero-order chi connectivity index (χ0) is 19.3. The van der Waals surface area contributed by atoms with Crippen LogP contribution in [0.3, 0.4) is 0 Å². The minimum absolute atomic E-state index is 0.112. The monoisotopic (exact) mass is 395 g/mol. The molecule has 9 heteroatoms. The van der Waals surface area contributed by atoms with Crippen molar-refractivity contribution < 1.29 is 27.1 Å². The van der Waals surface area contributed by atoms with Gasteiger partial charge in [-0.3, -0.25) is 19.1 Å². The third kappa shape index (κ3) is 3.12. The molecule has 6 atom stereocenters. The Balaban J connectivity index is 1.59. The van der Waals surface area contributed by atoms with E-state index in [1.165, 1.54) is 19.2 Å². The molecule has 8 nitrogen and oxygen atoms in total. The topological polar surface area (TPSA) is 113 Å². The molecule has 0 saturated heterocycles. The number of hydrogen-bond donors (Lipinski definition) is 0. The quantitative estimate of drug-likeness (QED) is 0.326. The first-order chi connectivity index (χ1) is 12.8. The van der Waals surface area contributed by atoms with Crippen molar-refractivity contribution in [1.82, 2.24) is 0 Å². The van der Waals surface area contributed by atoms with Crippen molar-refractivity contribution in [2.45, 2.75) is 36.7 Å². The van der Waals surface area contributed by atoms with Gasteiger partial charge in [-0.2, -0.15) is 8.42 Å². The van der Waals surface area contributed by atoms with Gasteiger partial charge in [0.2, 0.25) is 0 Å². The number of hydrogen-bond acceptors (Lipinski definition) is 7. The molecular formula is C18H21NO7S. The summed E-state index contributed by atoms with van der Waals surface area (Å²) in [4.78, 5) is 22.3. The largest absolute Gasteiger partial charge is 0.469 e. The first kappa shape index (κ1) is 18.4. The van der Waals surface area contributed by atoms with Crippen molar-refractivity contribution >= 4 is 21.8 Å². The predicted molar refractivity (Wildman–Crippen MR) is 93.1 cm³/mol. The van der Waals surface area contributed by atoms with Crippen LogP contribution in [0.2, 0.25) is 0 Å². The third-order valence-corrected chi connectivity index (χ3v) is 7.71. The number of rotatable bonds is 5. The fraction of sp³-hybridized carbons (Fsp3) is 0.611. The van der Waals surface area contributed by atoms with E-state index in [-0.39, 0.29) is 40.2 Å². The highest BCUT2D eigenvalue weighted by atomic mass is 32.2. The van der Waals surface area contributed by atoms with Gasteiger partial charge in [0.15, 0.2) is 0 Å². The van der Waals surface area contributed by atoms with Gasteiger partial charge in [0.25, 0.3) is 15.8 Å². The number of non-ortho nitro benzene ring substituents is 1. The molecule has 0 N–H and O–H groups in total. The molecule has 4 fully saturated rings. The Kier molecular flexibility index (Phi) is 4.46. The average Bonchev–Trinajstić information content (AvgIpc) is 2.64. The van der Waals surface area contributed by atoms with Crippen molar-refractivity contribution in [3.8, 4) is 0 Å². The molecule has 4 aliphatic rings. The van der Waals surface area contributed by atoms with Gasteiger partial charge < -0.3 is 4.74 Å². The van der Waals surface area contributed by atoms with Gasteiger partial charge in [-0.05, 0) is 55.6 Å². The molecule has 0 heterocycles. The maximum atomic E-state index is 12.7. The number of methoxy groups -OCH3 is 1. The van der Waals surface area contributed by atoms with Crippen LogP contribution in [0.4, 0.5) is 5.69 Å². The molecule has 4 bridgehead atoms. The number of nitrogens with zero attached hydrogens (tertiary/aromatic N) is 1. The Morgan fingerprint density at radius 3 is 2.41 bits per heavy atom. The summed E-state index contributed by atoms with van der Waals surface area (Å²) in [5.74, 6) is 0.0937. The summed E-state index contributed by atoms with van der Waals surface area (Å²) in [7, 11) is -2.72. The Labute approximate surface area is 157 Å². The van der Waals surface area contributed by atoms with E-state index in [0.29, 0.717) is 5.92 Å². The molecule has 0 radical (unpaired) electrons. The van der Waals surface area contributed by atoms with Crippen LogP contribution in [0.25, 0.3) is 0 Å². The lowest BCUT2D eigenvalue weighted by Gasteiger charge is -2.56. The highest BCUT2D eigenvalue weighted by Gasteiger charge is 2.57. The first-order valence-electron chi connectivity index (χ1n) is 9.05. The second-order valence-electron chi connectivity index (χ2n) is 7.81. The number of nitro benzene ring substituents is 1. The second-order valence-corrected chi connectivity index (χ2v) is 9.38. The first-order valence-corrected chi connectivity index (χ1v) is 10.5. The molecule has 27 heavy (non-hydrogen) atoms. The number of benzene rings is 1. The standard InChI is InChI=1S/C18H21NO7S/c1-25-18(20)16-11-6-10-7-12(9-11)17(15(16)8-10)26-27(23,24)14-4-2-13(3-5-14)19(21)22/h2-5,10-12,15-17H,6-9H2,1H3/t10-,11-,12-,15-,16-,17+/m0/s1. The lowest BCUT2D eigenvalue weighted by atomic mass is 9.50. The summed E-state index contributed by atoms with van der Waals surface area (Å²) < 4.78 is 36.1. The minimum Gasteiger partial charge on any atom is -0.469 e. The van der Waals surface area contributed by atoms with Gasteiger partial charge in [0.1, 0.15) is 0 Å². The number of ether oxygens (including phenoxy) is 1. The number of nitro groups is 1. The molecule has 1 aromatic rings. The Morgan fingerprint density at radius 1 is 1.11 bits per heavy atom. The van der Waals surface area contributed by atoms with E-state index in [2.05, 4.69) is 0 Å². The van der Waals surface area contributed by atoms with Gasteiger partial charge in [-0.15, -0.1) is 0 Å². The number of carbonyl (C=O) groups excluding carboxylic acids is 1. The van der Waals surface area contributed by atoms with Crippen LogP contribution in [0.5, 0.6) is 0 Å². The number of esters is 1. The summed E-state index contributed by atoms with van der Waals surface area (Å²) >= 11 is 0. The lowest BCUT2D eigenvalue weighted by molar-refractivity contribution is -0.384. The van der Waals surface area contributed by atoms with Crippen LogP contribution in [-0.4, -0.2) is 32.5 Å². The van der Waals surface area contributed by atoms with E-state index >= 15 is 0 Å². The van der Waals surface area contributed by atoms with E-state index in [4.69, 9.17) is 8.92 Å². The Morgan fingerprint density at radius 2 is 1.78 bits per heavy atom. The summed E-state index contributed by atoms with van der Waals surface area (Å²) in [6.45, 7) is 0. The molecular weight excluding hydrogens is 374 g/mol. The zero-order valence-electron chi connectivity index (χ0n) is 14.8. The van der Waals surface area contributed by atoms with E-state index < -0.39 is 21.1 Å². The van der Waals surface area contributed by atoms with E-state index in [1.54, 1.807) is 0 Å². The van der Waals surface area contributed by atoms with Crippen LogP contribution < -0.4 is 0 Å². The number of carbonyl (C=O) groups is 1. The van der Waals surface area contributed by atoms with Crippen LogP contribution in [0, 0.1) is 39.7 Å². The third-order valence-electron chi connectivity index (χ3n) is 6.39. The molecule has 146 valence electrons. The molecule has 0 unspecified atom stereocenters. The van der Waals surface area contributed by atoms with E-state index in [1.807, 2.05) is 0 Å². The Hall–Kier alpha value is -2.00. The normalized spacial score (nSPS) is 34.4. The molecule has 0 amide bonds. The van der Waals surface area contributed by atoms with Crippen molar-refractivity contribution in [3.63, 3.8) is 0 Å². The maximum absolute atomic E-state index is 12.7. The fourth-order valence-corrected chi connectivity index (χ4v) is 6.62. The summed E-state index contributed by atoms with van der Waals surface area (Å²) in [5, 5.41) is 10.8. The molecule has 1 aromatic carbocycles. The fourth-order valence-electron chi connectivity index (χ4n) is 5.45. The second kappa shape index (κ2) is 6.56. The highest BCUT2D eigenvalue weighted by Crippen LogP contribution is 2.58. The van der Waals surface area contributed by atoms with Gasteiger partial charge in [-0.1, -0.05) is 0 Å². The van der Waals surface area contributed by atoms with Crippen molar-refractivity contribution in [1.29, 1.82) is 0 Å². The van der Waals surface area contributed by atoms with Crippen molar-refractivity contribution in [3.05, 3.63) is 34.4 Å². The molecule has 0 aromatic heterocycles. The summed E-state index contributed by atoms with van der Waals surface area (Å²) in [5.41, 5.74) is -0.186. The van der Waals surface area contributed by atoms with Crippen LogP contribution >= 0.6 is 0 Å². The molecule has 4 aliphatic carbocycles.